The van der Waals surface area contributed by atoms with Crippen LogP contribution in [0.25, 0.3) is 0 Å². The Morgan fingerprint density at radius 1 is 1.67 bits per heavy atom. The molecule has 1 saturated heterocycles. The molecule has 1 aromatic rings. The first-order valence-corrected chi connectivity index (χ1v) is 7.09. The van der Waals surface area contributed by atoms with Gasteiger partial charge in [0.1, 0.15) is 0 Å². The molecule has 1 aromatic heterocycles. The summed E-state index contributed by atoms with van der Waals surface area (Å²) in [5.74, 6) is 1.04. The summed E-state index contributed by atoms with van der Waals surface area (Å²) >= 11 is 1.28. The number of carbonyl (C=O) groups is 1. The number of nitrogens with zero attached hydrogens (tertiary/aromatic N) is 2. The standard InChI is InChI=1S/C12H17N3O2S/c1-9-3-2-6-15(7-9)11(17)8-18-12-13-5-4-10(16)14-12/h4-5,9H,2-3,6-8H2,1H3,(H,13,14,16)/t9-/m0/s1. The van der Waals surface area contributed by atoms with Gasteiger partial charge in [0.15, 0.2) is 5.16 Å². The fraction of sp³-hybridized carbons (Fsp3) is 0.583. The lowest BCUT2D eigenvalue weighted by atomic mass is 10.0. The Hall–Kier alpha value is -1.30. The number of likely N-dealkylation sites (tertiary alicyclic amines) is 1. The van der Waals surface area contributed by atoms with Crippen LogP contribution in [0.4, 0.5) is 0 Å². The second-order valence-corrected chi connectivity index (χ2v) is 5.58. The largest absolute Gasteiger partial charge is 0.342 e. The molecule has 0 aliphatic carbocycles. The lowest BCUT2D eigenvalue weighted by molar-refractivity contribution is -0.130. The molecular formula is C12H17N3O2S. The molecule has 0 unspecified atom stereocenters. The minimum absolute atomic E-state index is 0.123. The van der Waals surface area contributed by atoms with Gasteiger partial charge in [-0.05, 0) is 18.8 Å². The van der Waals surface area contributed by atoms with E-state index in [1.54, 1.807) is 0 Å². The highest BCUT2D eigenvalue weighted by atomic mass is 32.2. The Morgan fingerprint density at radius 3 is 3.22 bits per heavy atom. The second kappa shape index (κ2) is 6.04. The topological polar surface area (TPSA) is 66.1 Å². The smallest absolute Gasteiger partial charge is 0.251 e. The lowest BCUT2D eigenvalue weighted by Crippen LogP contribution is -2.40. The first-order chi connectivity index (χ1) is 8.65. The Kier molecular flexibility index (Phi) is 4.41. The third-order valence-electron chi connectivity index (χ3n) is 2.99. The van der Waals surface area contributed by atoms with E-state index in [1.165, 1.54) is 30.4 Å². The van der Waals surface area contributed by atoms with Crippen LogP contribution in [-0.2, 0) is 4.79 Å². The quantitative estimate of drug-likeness (QED) is 0.658. The van der Waals surface area contributed by atoms with Gasteiger partial charge < -0.3 is 9.88 Å². The number of piperidine rings is 1. The summed E-state index contributed by atoms with van der Waals surface area (Å²) in [5, 5.41) is 0.501. The summed E-state index contributed by atoms with van der Waals surface area (Å²) in [6, 6.07) is 1.36. The number of hydrogen-bond donors (Lipinski definition) is 1. The first-order valence-electron chi connectivity index (χ1n) is 6.11. The zero-order valence-corrected chi connectivity index (χ0v) is 11.2. The monoisotopic (exact) mass is 267 g/mol. The van der Waals surface area contributed by atoms with Gasteiger partial charge in [-0.2, -0.15) is 0 Å². The van der Waals surface area contributed by atoms with E-state index in [4.69, 9.17) is 0 Å². The maximum atomic E-state index is 12.0. The Labute approximate surface area is 110 Å². The third-order valence-corrected chi connectivity index (χ3v) is 3.86. The van der Waals surface area contributed by atoms with Crippen molar-refractivity contribution in [2.75, 3.05) is 18.8 Å². The van der Waals surface area contributed by atoms with Crippen molar-refractivity contribution in [2.45, 2.75) is 24.9 Å². The number of carbonyl (C=O) groups excluding carboxylic acids is 1. The molecule has 1 aliphatic heterocycles. The molecule has 5 nitrogen and oxygen atoms in total. The molecule has 0 bridgehead atoms. The molecule has 0 saturated carbocycles. The van der Waals surface area contributed by atoms with Gasteiger partial charge in [-0.1, -0.05) is 18.7 Å². The Balaban J connectivity index is 1.86. The Bertz CT molecular complexity index is 474. The molecule has 1 N–H and O–H groups in total. The zero-order valence-electron chi connectivity index (χ0n) is 10.4. The van der Waals surface area contributed by atoms with Gasteiger partial charge in [-0.25, -0.2) is 4.98 Å². The van der Waals surface area contributed by atoms with Gasteiger partial charge in [0.2, 0.25) is 5.91 Å². The van der Waals surface area contributed by atoms with Gasteiger partial charge in [0.25, 0.3) is 5.56 Å². The highest BCUT2D eigenvalue weighted by Gasteiger charge is 2.20. The number of H-pyrrole nitrogens is 1. The van der Waals surface area contributed by atoms with E-state index < -0.39 is 0 Å². The van der Waals surface area contributed by atoms with E-state index in [0.29, 0.717) is 16.8 Å². The van der Waals surface area contributed by atoms with Crippen LogP contribution >= 0.6 is 11.8 Å². The predicted octanol–water partition coefficient (Wildman–Crippen LogP) is 1.12. The molecule has 0 aromatic carbocycles. The lowest BCUT2D eigenvalue weighted by Gasteiger charge is -2.30. The van der Waals surface area contributed by atoms with Gasteiger partial charge in [0, 0.05) is 25.4 Å². The summed E-state index contributed by atoms with van der Waals surface area (Å²) in [4.78, 5) is 31.6. The van der Waals surface area contributed by atoms with Gasteiger partial charge in [-0.3, -0.25) is 9.59 Å². The highest BCUT2D eigenvalue weighted by molar-refractivity contribution is 7.99. The number of hydrogen-bond acceptors (Lipinski definition) is 4. The molecule has 1 atom stereocenters. The minimum Gasteiger partial charge on any atom is -0.342 e. The molecule has 0 radical (unpaired) electrons. The normalized spacial score (nSPS) is 19.8. The van der Waals surface area contributed by atoms with E-state index in [0.717, 1.165) is 19.5 Å². The molecule has 2 heterocycles. The van der Waals surface area contributed by atoms with E-state index in [-0.39, 0.29) is 11.5 Å². The number of nitrogens with one attached hydrogen (secondary N) is 1. The van der Waals surface area contributed by atoms with Gasteiger partial charge in [-0.15, -0.1) is 0 Å². The van der Waals surface area contributed by atoms with E-state index in [2.05, 4.69) is 16.9 Å². The molecule has 1 aliphatic rings. The SMILES string of the molecule is C[C@H]1CCCN(C(=O)CSc2nccc(=O)[nH]2)C1. The number of amides is 1. The van der Waals surface area contributed by atoms with Crippen molar-refractivity contribution in [3.63, 3.8) is 0 Å². The molecule has 2 rings (SSSR count). The minimum atomic E-state index is -0.188. The van der Waals surface area contributed by atoms with Gasteiger partial charge >= 0.3 is 0 Å². The van der Waals surface area contributed by atoms with Crippen LogP contribution in [0, 0.1) is 5.92 Å². The maximum absolute atomic E-state index is 12.0. The molecule has 1 fully saturated rings. The molecular weight excluding hydrogens is 250 g/mol. The summed E-state index contributed by atoms with van der Waals surface area (Å²) in [6.07, 6.45) is 3.73. The zero-order chi connectivity index (χ0) is 13.0. The van der Waals surface area contributed by atoms with Crippen molar-refractivity contribution in [1.29, 1.82) is 0 Å². The van der Waals surface area contributed by atoms with Crippen LogP contribution in [0.1, 0.15) is 19.8 Å². The van der Waals surface area contributed by atoms with Crippen molar-refractivity contribution in [1.82, 2.24) is 14.9 Å². The number of aromatic amines is 1. The molecule has 98 valence electrons. The predicted molar refractivity (Wildman–Crippen MR) is 70.6 cm³/mol. The molecule has 18 heavy (non-hydrogen) atoms. The number of thioether (sulfide) groups is 1. The molecule has 0 spiro atoms. The van der Waals surface area contributed by atoms with Crippen molar-refractivity contribution in [3.8, 4) is 0 Å². The summed E-state index contributed by atoms with van der Waals surface area (Å²) in [6.45, 7) is 3.86. The number of rotatable bonds is 3. The van der Waals surface area contributed by atoms with Crippen LogP contribution < -0.4 is 5.56 Å². The molecule has 1 amide bonds. The molecule has 6 heteroatoms. The fourth-order valence-corrected chi connectivity index (χ4v) is 2.81. The summed E-state index contributed by atoms with van der Waals surface area (Å²) < 4.78 is 0. The number of aromatic nitrogens is 2. The van der Waals surface area contributed by atoms with E-state index in [1.807, 2.05) is 4.90 Å². The van der Waals surface area contributed by atoms with Gasteiger partial charge in [0.05, 0.1) is 5.75 Å². The van der Waals surface area contributed by atoms with Crippen molar-refractivity contribution in [2.24, 2.45) is 5.92 Å². The van der Waals surface area contributed by atoms with Crippen molar-refractivity contribution >= 4 is 17.7 Å². The van der Waals surface area contributed by atoms with Crippen molar-refractivity contribution in [3.05, 3.63) is 22.6 Å². The Morgan fingerprint density at radius 2 is 2.50 bits per heavy atom. The second-order valence-electron chi connectivity index (χ2n) is 4.62. The maximum Gasteiger partial charge on any atom is 0.251 e. The average Bonchev–Trinajstić information content (AvgIpc) is 2.36. The van der Waals surface area contributed by atoms with Crippen LogP contribution in [0.2, 0.25) is 0 Å². The van der Waals surface area contributed by atoms with Crippen LogP contribution in [0.5, 0.6) is 0 Å². The van der Waals surface area contributed by atoms with E-state index in [9.17, 15) is 9.59 Å². The van der Waals surface area contributed by atoms with E-state index >= 15 is 0 Å². The highest BCUT2D eigenvalue weighted by Crippen LogP contribution is 2.18. The van der Waals surface area contributed by atoms with Crippen LogP contribution in [-0.4, -0.2) is 39.6 Å². The summed E-state index contributed by atoms with van der Waals surface area (Å²) in [5.41, 5.74) is -0.188. The first kappa shape index (κ1) is 13.1. The van der Waals surface area contributed by atoms with Crippen LogP contribution in [0.15, 0.2) is 22.2 Å². The van der Waals surface area contributed by atoms with Crippen molar-refractivity contribution < 1.29 is 4.79 Å². The fourth-order valence-electron chi connectivity index (χ4n) is 2.06. The summed E-state index contributed by atoms with van der Waals surface area (Å²) in [7, 11) is 0. The average molecular weight is 267 g/mol. The third kappa shape index (κ3) is 3.60. The van der Waals surface area contributed by atoms with Crippen LogP contribution in [0.3, 0.4) is 0 Å².